The number of hydrogen-bond donors (Lipinski definition) is 2. The smallest absolute Gasteiger partial charge is 0.409 e. The number of nitrogens with one attached hydrogen (secondary N) is 1. The minimum Gasteiger partial charge on any atom is -0.465 e. The quantitative estimate of drug-likeness (QED) is 0.186. The molecule has 8 rings (SSSR count). The number of ether oxygens (including phenoxy) is 1. The van der Waals surface area contributed by atoms with Gasteiger partial charge in [0.15, 0.2) is 11.0 Å². The molecule has 0 unspecified atom stereocenters. The van der Waals surface area contributed by atoms with Crippen LogP contribution in [0.2, 0.25) is 10.2 Å². The van der Waals surface area contributed by atoms with E-state index in [1.165, 1.54) is 12.1 Å². The molecule has 3 aromatic heterocycles. The van der Waals surface area contributed by atoms with Gasteiger partial charge in [0.1, 0.15) is 41.0 Å². The lowest BCUT2D eigenvalue weighted by Gasteiger charge is -2.31. The first-order valence-corrected chi connectivity index (χ1v) is 17.3. The van der Waals surface area contributed by atoms with Crippen LogP contribution in [0.15, 0.2) is 18.2 Å². The van der Waals surface area contributed by atoms with Crippen LogP contribution in [0.1, 0.15) is 36.9 Å². The average Bonchev–Trinajstić information content (AvgIpc) is 3.77. The number of aromatic nitrogens is 5. The number of thiophene rings is 1. The Morgan fingerprint density at radius 2 is 2.06 bits per heavy atom. The predicted molar refractivity (Wildman–Crippen MR) is 181 cm³/mol. The summed E-state index contributed by atoms with van der Waals surface area (Å²) < 4.78 is 54.6. The molecule has 3 aliphatic rings. The van der Waals surface area contributed by atoms with Crippen molar-refractivity contribution in [1.82, 2.24) is 29.9 Å². The normalized spacial score (nSPS) is 20.6. The van der Waals surface area contributed by atoms with Crippen LogP contribution in [0.4, 0.5) is 28.8 Å². The second kappa shape index (κ2) is 12.4. The summed E-state index contributed by atoms with van der Waals surface area (Å²) in [4.78, 5) is 24.7. The fraction of sp³-hybridized carbons (Fsp3) is 0.375. The van der Waals surface area contributed by atoms with Crippen LogP contribution in [-0.2, 0) is 13.1 Å². The first-order chi connectivity index (χ1) is 24.1. The number of nitrogens with zero attached hydrogens (tertiary/aromatic N) is 8. The summed E-state index contributed by atoms with van der Waals surface area (Å²) in [5.41, 5.74) is -0.325. The lowest BCUT2D eigenvalue weighted by molar-refractivity contribution is 0.107. The molecule has 2 N–H and O–H groups in total. The molecule has 0 aliphatic carbocycles. The van der Waals surface area contributed by atoms with E-state index in [1.807, 2.05) is 11.0 Å². The van der Waals surface area contributed by atoms with Crippen LogP contribution >= 0.6 is 34.5 Å². The number of alkyl halides is 1. The molecule has 2 saturated heterocycles. The van der Waals surface area contributed by atoms with Crippen LogP contribution in [0.5, 0.6) is 6.01 Å². The zero-order chi connectivity index (χ0) is 34.9. The fourth-order valence-corrected chi connectivity index (χ4v) is 9.08. The number of halogens is 5. The van der Waals surface area contributed by atoms with E-state index in [2.05, 4.69) is 25.5 Å². The summed E-state index contributed by atoms with van der Waals surface area (Å²) in [6, 6.07) is 5.69. The van der Waals surface area contributed by atoms with E-state index >= 15 is 8.78 Å². The molecule has 50 heavy (non-hydrogen) atoms. The van der Waals surface area contributed by atoms with Crippen molar-refractivity contribution in [2.24, 2.45) is 0 Å². The van der Waals surface area contributed by atoms with Gasteiger partial charge >= 0.3 is 12.1 Å². The highest BCUT2D eigenvalue weighted by molar-refractivity contribution is 7.23. The highest BCUT2D eigenvalue weighted by atomic mass is 35.5. The van der Waals surface area contributed by atoms with Gasteiger partial charge in [0.2, 0.25) is 0 Å². The lowest BCUT2D eigenvalue weighted by atomic mass is 9.95. The van der Waals surface area contributed by atoms with Crippen molar-refractivity contribution in [2.75, 3.05) is 36.5 Å². The standard InChI is InChI=1S/C32H26Cl2F3N9O3S/c33-19-9-17-25(24(37)23(19)16-3-4-20(36)26-22(16)18(11-38)29(50-26)41-31(47)48)39-30(49-14-32-5-1-7-45(32)12-15(35)10-32)40-28(17)44-6-2-8-46-21(13-44)27(34)42-43-46/h3-4,9,15,41H,1-2,5-8,10,12-14H2,(H,47,48)/t15-,32+/m1/s1. The first-order valence-electron chi connectivity index (χ1n) is 15.8. The van der Waals surface area contributed by atoms with Crippen molar-refractivity contribution in [2.45, 2.75) is 50.5 Å². The Hall–Kier alpha value is -4.43. The lowest BCUT2D eigenvalue weighted by Crippen LogP contribution is -2.43. The molecule has 0 bridgehead atoms. The van der Waals surface area contributed by atoms with E-state index in [0.29, 0.717) is 55.3 Å². The summed E-state index contributed by atoms with van der Waals surface area (Å²) >= 11 is 14.0. The number of hydrogen-bond acceptors (Lipinski definition) is 10. The zero-order valence-corrected chi connectivity index (χ0v) is 28.3. The van der Waals surface area contributed by atoms with Gasteiger partial charge in [0, 0.05) is 42.4 Å². The number of nitriles is 1. The molecule has 0 spiro atoms. The van der Waals surface area contributed by atoms with Crippen molar-refractivity contribution in [1.29, 1.82) is 5.26 Å². The largest absolute Gasteiger partial charge is 0.465 e. The average molecular weight is 745 g/mol. The van der Waals surface area contributed by atoms with Gasteiger partial charge in [0.05, 0.1) is 33.1 Å². The van der Waals surface area contributed by atoms with E-state index in [4.69, 9.17) is 32.9 Å². The molecule has 18 heteroatoms. The van der Waals surface area contributed by atoms with Crippen molar-refractivity contribution < 1.29 is 27.8 Å². The van der Waals surface area contributed by atoms with Gasteiger partial charge in [-0.2, -0.15) is 15.2 Å². The summed E-state index contributed by atoms with van der Waals surface area (Å²) in [7, 11) is 0. The minimum absolute atomic E-state index is 0.00231. The maximum absolute atomic E-state index is 17.1. The molecule has 0 saturated carbocycles. The highest BCUT2D eigenvalue weighted by Crippen LogP contribution is 2.47. The van der Waals surface area contributed by atoms with E-state index < -0.39 is 29.4 Å². The third-order valence-electron chi connectivity index (χ3n) is 9.69. The van der Waals surface area contributed by atoms with Crippen molar-refractivity contribution >= 4 is 72.4 Å². The van der Waals surface area contributed by atoms with Gasteiger partial charge in [-0.25, -0.2) is 22.6 Å². The molecule has 6 heterocycles. The summed E-state index contributed by atoms with van der Waals surface area (Å²) in [5, 5.41) is 29.9. The van der Waals surface area contributed by atoms with E-state index in [1.54, 1.807) is 4.68 Å². The highest BCUT2D eigenvalue weighted by Gasteiger charge is 2.49. The fourth-order valence-electron chi connectivity index (χ4n) is 7.52. The Balaban J connectivity index is 1.31. The first kappa shape index (κ1) is 32.8. The second-order valence-electron chi connectivity index (χ2n) is 12.6. The van der Waals surface area contributed by atoms with Crippen molar-refractivity contribution in [3.63, 3.8) is 0 Å². The number of amides is 1. The van der Waals surface area contributed by atoms with Crippen LogP contribution in [0, 0.1) is 23.0 Å². The summed E-state index contributed by atoms with van der Waals surface area (Å²) in [5.74, 6) is -1.30. The molecule has 1 amide bonds. The third-order valence-corrected chi connectivity index (χ3v) is 11.4. The summed E-state index contributed by atoms with van der Waals surface area (Å²) in [6.45, 7) is 2.43. The zero-order valence-electron chi connectivity index (χ0n) is 26.0. The molecule has 3 aliphatic heterocycles. The number of anilines is 2. The van der Waals surface area contributed by atoms with Crippen LogP contribution < -0.4 is 15.0 Å². The Morgan fingerprint density at radius 1 is 1.22 bits per heavy atom. The van der Waals surface area contributed by atoms with E-state index in [0.717, 1.165) is 25.5 Å². The van der Waals surface area contributed by atoms with Crippen LogP contribution in [0.25, 0.3) is 32.1 Å². The van der Waals surface area contributed by atoms with Gasteiger partial charge in [-0.3, -0.25) is 10.2 Å². The molecule has 5 aromatic rings. The number of fused-ring (bicyclic) bond motifs is 4. The Kier molecular flexibility index (Phi) is 8.13. The SMILES string of the molecule is N#Cc1c(NC(=O)O)sc2c(F)ccc(-c3c(Cl)cc4c(N5CCCn6nnc(Cl)c6C5)nc(OC[C@@]56CCCN5C[C@H](F)C6)nc4c3F)c12. The van der Waals surface area contributed by atoms with Crippen molar-refractivity contribution in [3.8, 4) is 23.2 Å². The monoisotopic (exact) mass is 743 g/mol. The molecule has 0 radical (unpaired) electrons. The minimum atomic E-state index is -1.45. The predicted octanol–water partition coefficient (Wildman–Crippen LogP) is 7.02. The Bertz CT molecular complexity index is 2260. The maximum atomic E-state index is 17.1. The third kappa shape index (κ3) is 5.34. The van der Waals surface area contributed by atoms with Gasteiger partial charge in [-0.1, -0.05) is 34.5 Å². The molecule has 2 aromatic carbocycles. The molecule has 2 atom stereocenters. The van der Waals surface area contributed by atoms with E-state index in [-0.39, 0.29) is 72.0 Å². The van der Waals surface area contributed by atoms with E-state index in [9.17, 15) is 19.6 Å². The van der Waals surface area contributed by atoms with Crippen LogP contribution in [-0.4, -0.2) is 79.0 Å². The van der Waals surface area contributed by atoms with Gasteiger partial charge in [-0.05, 0) is 43.5 Å². The second-order valence-corrected chi connectivity index (χ2v) is 14.4. The molecule has 12 nitrogen and oxygen atoms in total. The van der Waals surface area contributed by atoms with Gasteiger partial charge in [-0.15, -0.1) is 16.4 Å². The molecular formula is C32H26Cl2F3N9O3S. The van der Waals surface area contributed by atoms with Gasteiger partial charge in [0.25, 0.3) is 0 Å². The maximum Gasteiger partial charge on any atom is 0.409 e. The van der Waals surface area contributed by atoms with Crippen molar-refractivity contribution in [3.05, 3.63) is 51.3 Å². The summed E-state index contributed by atoms with van der Waals surface area (Å²) in [6.07, 6.45) is 0.151. The number of rotatable bonds is 6. The number of carbonyl (C=O) groups is 1. The molecule has 258 valence electrons. The Labute approximate surface area is 296 Å². The molecule has 2 fully saturated rings. The Morgan fingerprint density at radius 3 is 2.86 bits per heavy atom. The number of carboxylic acid groups (broad SMARTS) is 1. The number of benzene rings is 2. The molecular weight excluding hydrogens is 718 g/mol. The van der Waals surface area contributed by atoms with Gasteiger partial charge < -0.3 is 14.7 Å². The number of aryl methyl sites for hydroxylation is 1. The van der Waals surface area contributed by atoms with Crippen LogP contribution in [0.3, 0.4) is 0 Å². The topological polar surface area (TPSA) is 145 Å².